The fraction of sp³-hybridized carbons (Fsp3) is 0.261. The number of rotatable bonds is 7. The first-order chi connectivity index (χ1) is 13.5. The van der Waals surface area contributed by atoms with E-state index in [1.54, 1.807) is 6.92 Å². The standard InChI is InChI=1S/C23H24ClNO3/c1-15-13-19(14-16(2)22(15)24)28-17(3)23(26)25-11-12-27-21-10-6-8-18-7-4-5-9-20(18)21/h4-10,13-14,17H,11-12H2,1-3H3,(H,25,26). The number of carbonyl (C=O) groups is 1. The van der Waals surface area contributed by atoms with Crippen LogP contribution in [0, 0.1) is 13.8 Å². The number of ether oxygens (including phenoxy) is 2. The molecule has 4 nitrogen and oxygen atoms in total. The second-order valence-electron chi connectivity index (χ2n) is 6.75. The molecule has 1 atom stereocenters. The number of fused-ring (bicyclic) bond motifs is 1. The Morgan fingerprint density at radius 2 is 1.75 bits per heavy atom. The van der Waals surface area contributed by atoms with Crippen molar-refractivity contribution >= 4 is 28.3 Å². The largest absolute Gasteiger partial charge is 0.491 e. The van der Waals surface area contributed by atoms with Crippen molar-refractivity contribution in [2.75, 3.05) is 13.2 Å². The quantitative estimate of drug-likeness (QED) is 0.566. The zero-order valence-corrected chi connectivity index (χ0v) is 17.0. The molecule has 0 radical (unpaired) electrons. The number of hydrogen-bond acceptors (Lipinski definition) is 3. The molecule has 0 aromatic heterocycles. The highest BCUT2D eigenvalue weighted by molar-refractivity contribution is 6.32. The first-order valence-electron chi connectivity index (χ1n) is 9.27. The molecule has 3 aromatic carbocycles. The first kappa shape index (κ1) is 20.0. The zero-order valence-electron chi connectivity index (χ0n) is 16.3. The van der Waals surface area contributed by atoms with Crippen LogP contribution in [0.25, 0.3) is 10.8 Å². The van der Waals surface area contributed by atoms with Gasteiger partial charge in [-0.15, -0.1) is 0 Å². The summed E-state index contributed by atoms with van der Waals surface area (Å²) in [5.41, 5.74) is 1.85. The van der Waals surface area contributed by atoms with Gasteiger partial charge in [0.25, 0.3) is 5.91 Å². The molecule has 3 rings (SSSR count). The van der Waals surface area contributed by atoms with Crippen molar-refractivity contribution in [1.82, 2.24) is 5.32 Å². The van der Waals surface area contributed by atoms with Crippen LogP contribution in [0.5, 0.6) is 11.5 Å². The van der Waals surface area contributed by atoms with Gasteiger partial charge in [0.05, 0.1) is 6.54 Å². The molecule has 0 heterocycles. The van der Waals surface area contributed by atoms with Crippen LogP contribution in [-0.2, 0) is 4.79 Å². The normalized spacial score (nSPS) is 11.9. The van der Waals surface area contributed by atoms with Crippen molar-refractivity contribution in [3.63, 3.8) is 0 Å². The minimum absolute atomic E-state index is 0.188. The average Bonchev–Trinajstić information content (AvgIpc) is 2.69. The van der Waals surface area contributed by atoms with Crippen molar-refractivity contribution in [2.45, 2.75) is 26.9 Å². The third kappa shape index (κ3) is 4.76. The predicted molar refractivity (Wildman–Crippen MR) is 113 cm³/mol. The number of amides is 1. The van der Waals surface area contributed by atoms with Gasteiger partial charge < -0.3 is 14.8 Å². The van der Waals surface area contributed by atoms with Crippen molar-refractivity contribution < 1.29 is 14.3 Å². The van der Waals surface area contributed by atoms with Crippen LogP contribution >= 0.6 is 11.6 Å². The molecule has 0 saturated heterocycles. The van der Waals surface area contributed by atoms with E-state index in [1.165, 1.54) is 0 Å². The highest BCUT2D eigenvalue weighted by Crippen LogP contribution is 2.27. The Balaban J connectivity index is 1.50. The van der Waals surface area contributed by atoms with E-state index in [0.717, 1.165) is 32.7 Å². The number of nitrogens with one attached hydrogen (secondary N) is 1. The van der Waals surface area contributed by atoms with E-state index < -0.39 is 6.10 Å². The van der Waals surface area contributed by atoms with Crippen LogP contribution in [0.2, 0.25) is 5.02 Å². The molecule has 1 N–H and O–H groups in total. The molecule has 0 saturated carbocycles. The lowest BCUT2D eigenvalue weighted by molar-refractivity contribution is -0.127. The topological polar surface area (TPSA) is 47.6 Å². The van der Waals surface area contributed by atoms with Crippen LogP contribution in [0.4, 0.5) is 0 Å². The Morgan fingerprint density at radius 3 is 2.50 bits per heavy atom. The third-order valence-corrected chi connectivity index (χ3v) is 5.10. The predicted octanol–water partition coefficient (Wildman–Crippen LogP) is 5.07. The van der Waals surface area contributed by atoms with E-state index in [1.807, 2.05) is 68.4 Å². The molecule has 28 heavy (non-hydrogen) atoms. The summed E-state index contributed by atoms with van der Waals surface area (Å²) in [6, 6.07) is 17.7. The maximum absolute atomic E-state index is 12.3. The highest BCUT2D eigenvalue weighted by Gasteiger charge is 2.15. The lowest BCUT2D eigenvalue weighted by Gasteiger charge is -2.16. The van der Waals surface area contributed by atoms with Gasteiger partial charge in [0.2, 0.25) is 0 Å². The van der Waals surface area contributed by atoms with Gasteiger partial charge in [-0.25, -0.2) is 0 Å². The monoisotopic (exact) mass is 397 g/mol. The molecule has 146 valence electrons. The van der Waals surface area contributed by atoms with E-state index in [4.69, 9.17) is 21.1 Å². The van der Waals surface area contributed by atoms with Crippen LogP contribution in [0.1, 0.15) is 18.1 Å². The Morgan fingerprint density at radius 1 is 1.07 bits per heavy atom. The van der Waals surface area contributed by atoms with E-state index in [2.05, 4.69) is 5.32 Å². The fourth-order valence-electron chi connectivity index (χ4n) is 3.03. The molecule has 1 amide bonds. The van der Waals surface area contributed by atoms with Gasteiger partial charge in [0.1, 0.15) is 18.1 Å². The number of benzene rings is 3. The molecule has 1 unspecified atom stereocenters. The second kappa shape index (κ2) is 8.98. The SMILES string of the molecule is Cc1cc(OC(C)C(=O)NCCOc2cccc3ccccc23)cc(C)c1Cl. The minimum atomic E-state index is -0.613. The highest BCUT2D eigenvalue weighted by atomic mass is 35.5. The Kier molecular flexibility index (Phi) is 6.42. The fourth-order valence-corrected chi connectivity index (χ4v) is 3.14. The van der Waals surface area contributed by atoms with Crippen LogP contribution in [0.3, 0.4) is 0 Å². The van der Waals surface area contributed by atoms with Crippen molar-refractivity contribution in [3.05, 3.63) is 70.7 Å². The summed E-state index contributed by atoms with van der Waals surface area (Å²) in [6.45, 7) is 6.33. The lowest BCUT2D eigenvalue weighted by atomic mass is 10.1. The average molecular weight is 398 g/mol. The number of hydrogen-bond donors (Lipinski definition) is 1. The van der Waals surface area contributed by atoms with Gasteiger partial charge in [-0.05, 0) is 55.5 Å². The minimum Gasteiger partial charge on any atom is -0.491 e. The van der Waals surface area contributed by atoms with Gasteiger partial charge in [0.15, 0.2) is 6.10 Å². The van der Waals surface area contributed by atoms with E-state index in [0.29, 0.717) is 18.9 Å². The molecule has 0 aliphatic carbocycles. The summed E-state index contributed by atoms with van der Waals surface area (Å²) < 4.78 is 11.6. The molecule has 0 aliphatic heterocycles. The molecule has 0 spiro atoms. The zero-order chi connectivity index (χ0) is 20.1. The summed E-state index contributed by atoms with van der Waals surface area (Å²) in [6.07, 6.45) is -0.613. The molecule has 5 heteroatoms. The Labute approximate surface area is 170 Å². The number of aryl methyl sites for hydroxylation is 2. The Bertz CT molecular complexity index is 958. The van der Waals surface area contributed by atoms with Gasteiger partial charge in [-0.2, -0.15) is 0 Å². The second-order valence-corrected chi connectivity index (χ2v) is 7.13. The maximum atomic E-state index is 12.3. The van der Waals surface area contributed by atoms with Gasteiger partial charge in [-0.3, -0.25) is 4.79 Å². The van der Waals surface area contributed by atoms with Gasteiger partial charge >= 0.3 is 0 Å². The van der Waals surface area contributed by atoms with Crippen molar-refractivity contribution in [2.24, 2.45) is 0 Å². The molecule has 3 aromatic rings. The molecule has 0 aliphatic rings. The van der Waals surface area contributed by atoms with Crippen LogP contribution in [-0.4, -0.2) is 25.2 Å². The van der Waals surface area contributed by atoms with E-state index in [9.17, 15) is 4.79 Å². The summed E-state index contributed by atoms with van der Waals surface area (Å²) in [5, 5.41) is 5.75. The number of carbonyl (C=O) groups excluding carboxylic acids is 1. The summed E-state index contributed by atoms with van der Waals surface area (Å²) in [5.74, 6) is 1.25. The van der Waals surface area contributed by atoms with Crippen LogP contribution < -0.4 is 14.8 Å². The molecular formula is C23H24ClNO3. The number of halogens is 1. The Hall–Kier alpha value is -2.72. The summed E-state index contributed by atoms with van der Waals surface area (Å²) in [7, 11) is 0. The van der Waals surface area contributed by atoms with Gasteiger partial charge in [0, 0.05) is 10.4 Å². The third-order valence-electron chi connectivity index (χ3n) is 4.50. The van der Waals surface area contributed by atoms with Crippen LogP contribution in [0.15, 0.2) is 54.6 Å². The smallest absolute Gasteiger partial charge is 0.260 e. The van der Waals surface area contributed by atoms with Gasteiger partial charge in [-0.1, -0.05) is 48.0 Å². The summed E-state index contributed by atoms with van der Waals surface area (Å²) >= 11 is 6.17. The van der Waals surface area contributed by atoms with Crippen molar-refractivity contribution in [1.29, 1.82) is 0 Å². The first-order valence-corrected chi connectivity index (χ1v) is 9.65. The summed E-state index contributed by atoms with van der Waals surface area (Å²) in [4.78, 5) is 12.3. The van der Waals surface area contributed by atoms with Crippen molar-refractivity contribution in [3.8, 4) is 11.5 Å². The maximum Gasteiger partial charge on any atom is 0.260 e. The molecular weight excluding hydrogens is 374 g/mol. The molecule has 0 fully saturated rings. The molecule has 0 bridgehead atoms. The lowest BCUT2D eigenvalue weighted by Crippen LogP contribution is -2.38. The van der Waals surface area contributed by atoms with E-state index >= 15 is 0 Å². The van der Waals surface area contributed by atoms with E-state index in [-0.39, 0.29) is 5.91 Å².